The second kappa shape index (κ2) is 3.76. The molecular formula is C9H11FN2O5. The molecule has 2 rings (SSSR count). The summed E-state index contributed by atoms with van der Waals surface area (Å²) >= 11 is 0. The summed E-state index contributed by atoms with van der Waals surface area (Å²) in [7, 11) is 0. The predicted molar refractivity (Wildman–Crippen MR) is 52.6 cm³/mol. The smallest absolute Gasteiger partial charge is 0.332 e. The highest BCUT2D eigenvalue weighted by molar-refractivity contribution is 4.93. The number of hydrogen-bond acceptors (Lipinski definition) is 5. The van der Waals surface area contributed by atoms with Crippen LogP contribution >= 0.6 is 0 Å². The maximum atomic E-state index is 13.1. The molecule has 2 heterocycles. The maximum absolute atomic E-state index is 13.1. The highest BCUT2D eigenvalue weighted by Gasteiger charge is 2.48. The molecule has 0 spiro atoms. The van der Waals surface area contributed by atoms with Gasteiger partial charge < -0.3 is 14.9 Å². The molecule has 8 heteroatoms. The summed E-state index contributed by atoms with van der Waals surface area (Å²) in [4.78, 5) is 23.9. The van der Waals surface area contributed by atoms with Crippen LogP contribution in [0.4, 0.5) is 4.39 Å². The molecule has 7 nitrogen and oxygen atoms in total. The van der Waals surface area contributed by atoms with Crippen molar-refractivity contribution in [1.82, 2.24) is 9.55 Å². The average molecular weight is 246 g/mol. The SMILES string of the molecule is CC1CC(O)C(O)(n2cc(F)c(=O)[nH]c2=O)O1. The number of hydrogen-bond donors (Lipinski definition) is 3. The van der Waals surface area contributed by atoms with Crippen molar-refractivity contribution in [3.63, 3.8) is 0 Å². The van der Waals surface area contributed by atoms with Crippen molar-refractivity contribution in [2.24, 2.45) is 0 Å². The molecule has 0 saturated carbocycles. The minimum Gasteiger partial charge on any atom is -0.385 e. The highest BCUT2D eigenvalue weighted by atomic mass is 19.1. The molecule has 3 atom stereocenters. The zero-order valence-electron chi connectivity index (χ0n) is 8.88. The van der Waals surface area contributed by atoms with Gasteiger partial charge in [-0.05, 0) is 6.92 Å². The van der Waals surface area contributed by atoms with Crippen LogP contribution in [0.3, 0.4) is 0 Å². The van der Waals surface area contributed by atoms with Gasteiger partial charge in [-0.3, -0.25) is 9.78 Å². The summed E-state index contributed by atoms with van der Waals surface area (Å²) in [6.45, 7) is 1.58. The Balaban J connectivity index is 2.58. The quantitative estimate of drug-likeness (QED) is 0.556. The molecule has 3 N–H and O–H groups in total. The van der Waals surface area contributed by atoms with Crippen molar-refractivity contribution >= 4 is 0 Å². The number of H-pyrrole nitrogens is 1. The Morgan fingerprint density at radius 2 is 2.29 bits per heavy atom. The Labute approximate surface area is 94.1 Å². The molecule has 0 bridgehead atoms. The summed E-state index contributed by atoms with van der Waals surface area (Å²) in [6.07, 6.45) is -1.30. The van der Waals surface area contributed by atoms with Crippen LogP contribution in [-0.4, -0.2) is 32.0 Å². The first-order valence-electron chi connectivity index (χ1n) is 4.95. The van der Waals surface area contributed by atoms with E-state index in [0.29, 0.717) is 10.8 Å². The number of aromatic nitrogens is 2. The van der Waals surface area contributed by atoms with Crippen molar-refractivity contribution in [2.75, 3.05) is 0 Å². The predicted octanol–water partition coefficient (Wildman–Crippen LogP) is -1.55. The van der Waals surface area contributed by atoms with Crippen molar-refractivity contribution in [3.05, 3.63) is 32.9 Å². The lowest BCUT2D eigenvalue weighted by Gasteiger charge is -2.27. The summed E-state index contributed by atoms with van der Waals surface area (Å²) < 4.78 is 18.5. The standard InChI is InChI=1S/C9H11FN2O5/c1-4-2-6(13)9(16,17-4)12-3-5(10)7(14)11-8(12)15/h3-4,6,13,16H,2H2,1H3,(H,11,14,15). The van der Waals surface area contributed by atoms with Gasteiger partial charge in [0.15, 0.2) is 0 Å². The summed E-state index contributed by atoms with van der Waals surface area (Å²) in [6, 6.07) is 0. The molecule has 1 aromatic heterocycles. The van der Waals surface area contributed by atoms with Crippen LogP contribution in [0.5, 0.6) is 0 Å². The van der Waals surface area contributed by atoms with Crippen LogP contribution in [0.15, 0.2) is 15.8 Å². The van der Waals surface area contributed by atoms with Gasteiger partial charge in [0.05, 0.1) is 12.3 Å². The van der Waals surface area contributed by atoms with E-state index in [0.717, 1.165) is 0 Å². The minimum atomic E-state index is -2.36. The molecule has 17 heavy (non-hydrogen) atoms. The van der Waals surface area contributed by atoms with E-state index in [1.54, 1.807) is 11.9 Å². The van der Waals surface area contributed by atoms with Crippen molar-refractivity contribution in [2.45, 2.75) is 31.5 Å². The van der Waals surface area contributed by atoms with Crippen LogP contribution in [-0.2, 0) is 10.6 Å². The number of aliphatic hydroxyl groups excluding tert-OH is 1. The van der Waals surface area contributed by atoms with Crippen molar-refractivity contribution in [1.29, 1.82) is 0 Å². The lowest BCUT2D eigenvalue weighted by Crippen LogP contribution is -2.50. The zero-order valence-corrected chi connectivity index (χ0v) is 8.88. The average Bonchev–Trinajstić information content (AvgIpc) is 2.47. The van der Waals surface area contributed by atoms with E-state index in [1.165, 1.54) is 0 Å². The molecule has 94 valence electrons. The van der Waals surface area contributed by atoms with Gasteiger partial charge >= 0.3 is 5.69 Å². The van der Waals surface area contributed by atoms with Crippen molar-refractivity contribution < 1.29 is 19.3 Å². The third kappa shape index (κ3) is 1.79. The van der Waals surface area contributed by atoms with Crippen LogP contribution in [0.1, 0.15) is 13.3 Å². The summed E-state index contributed by atoms with van der Waals surface area (Å²) in [5.74, 6) is -3.62. The number of aliphatic hydroxyl groups is 2. The second-order valence-electron chi connectivity index (χ2n) is 3.94. The normalized spacial score (nSPS) is 32.9. The second-order valence-corrected chi connectivity index (χ2v) is 3.94. The molecular weight excluding hydrogens is 235 g/mol. The number of nitrogens with zero attached hydrogens (tertiary/aromatic N) is 1. The van der Waals surface area contributed by atoms with Gasteiger partial charge in [-0.15, -0.1) is 0 Å². The lowest BCUT2D eigenvalue weighted by molar-refractivity contribution is -0.286. The summed E-state index contributed by atoms with van der Waals surface area (Å²) in [5, 5.41) is 19.6. The molecule has 0 aromatic carbocycles. The third-order valence-electron chi connectivity index (χ3n) is 2.61. The molecule has 0 amide bonds. The summed E-state index contributed by atoms with van der Waals surface area (Å²) in [5.41, 5.74) is -2.26. The Morgan fingerprint density at radius 3 is 2.82 bits per heavy atom. The van der Waals surface area contributed by atoms with Gasteiger partial charge in [0.1, 0.15) is 6.10 Å². The Kier molecular flexibility index (Phi) is 2.64. The number of rotatable bonds is 1. The van der Waals surface area contributed by atoms with Crippen LogP contribution in [0.25, 0.3) is 0 Å². The third-order valence-corrected chi connectivity index (χ3v) is 2.61. The van der Waals surface area contributed by atoms with Gasteiger partial charge in [0.25, 0.3) is 11.5 Å². The largest absolute Gasteiger partial charge is 0.385 e. The molecule has 1 aromatic rings. The van der Waals surface area contributed by atoms with Gasteiger partial charge in [-0.2, -0.15) is 4.39 Å². The van der Waals surface area contributed by atoms with E-state index in [9.17, 15) is 24.2 Å². The fourth-order valence-corrected chi connectivity index (χ4v) is 1.79. The van der Waals surface area contributed by atoms with Crippen LogP contribution < -0.4 is 11.2 Å². The van der Waals surface area contributed by atoms with Gasteiger partial charge in [-0.25, -0.2) is 9.36 Å². The van der Waals surface area contributed by atoms with E-state index in [1.807, 2.05) is 0 Å². The Morgan fingerprint density at radius 1 is 1.65 bits per heavy atom. The molecule has 1 saturated heterocycles. The van der Waals surface area contributed by atoms with E-state index in [-0.39, 0.29) is 6.42 Å². The monoisotopic (exact) mass is 246 g/mol. The molecule has 1 aliphatic heterocycles. The van der Waals surface area contributed by atoms with Gasteiger partial charge in [0.2, 0.25) is 5.82 Å². The van der Waals surface area contributed by atoms with Gasteiger partial charge in [0, 0.05) is 6.42 Å². The van der Waals surface area contributed by atoms with E-state index < -0.39 is 35.2 Å². The molecule has 0 radical (unpaired) electrons. The minimum absolute atomic E-state index is 0.0870. The van der Waals surface area contributed by atoms with Crippen LogP contribution in [0, 0.1) is 5.82 Å². The first-order valence-corrected chi connectivity index (χ1v) is 4.95. The Hall–Kier alpha value is -1.51. The fraction of sp³-hybridized carbons (Fsp3) is 0.556. The van der Waals surface area contributed by atoms with Gasteiger partial charge in [-0.1, -0.05) is 0 Å². The maximum Gasteiger partial charge on any atom is 0.332 e. The van der Waals surface area contributed by atoms with E-state index >= 15 is 0 Å². The molecule has 0 aliphatic carbocycles. The van der Waals surface area contributed by atoms with Crippen molar-refractivity contribution in [3.8, 4) is 0 Å². The number of halogens is 1. The highest BCUT2D eigenvalue weighted by Crippen LogP contribution is 2.31. The first-order chi connectivity index (χ1) is 7.84. The molecule has 1 aliphatic rings. The lowest BCUT2D eigenvalue weighted by atomic mass is 10.2. The Bertz CT molecular complexity index is 553. The molecule has 1 fully saturated rings. The number of nitrogens with one attached hydrogen (secondary N) is 1. The topological polar surface area (TPSA) is 105 Å². The first kappa shape index (κ1) is 12.0. The fourth-order valence-electron chi connectivity index (χ4n) is 1.79. The van der Waals surface area contributed by atoms with Crippen LogP contribution in [0.2, 0.25) is 0 Å². The van der Waals surface area contributed by atoms with E-state index in [2.05, 4.69) is 0 Å². The number of ether oxygens (including phenoxy) is 1. The molecule has 3 unspecified atom stereocenters. The zero-order chi connectivity index (χ0) is 12.8. The van der Waals surface area contributed by atoms with E-state index in [4.69, 9.17) is 4.74 Å². The number of aromatic amines is 1.